The molecule has 2 aromatic carbocycles. The van der Waals surface area contributed by atoms with Crippen molar-refractivity contribution in [2.75, 3.05) is 5.75 Å². The van der Waals surface area contributed by atoms with Crippen LogP contribution >= 0.6 is 0 Å². The first-order valence-corrected chi connectivity index (χ1v) is 14.4. The van der Waals surface area contributed by atoms with E-state index in [2.05, 4.69) is 10.6 Å². The van der Waals surface area contributed by atoms with Crippen LogP contribution in [0.1, 0.15) is 58.9 Å². The van der Waals surface area contributed by atoms with Crippen LogP contribution in [0, 0.1) is 0 Å². The van der Waals surface area contributed by atoms with Crippen LogP contribution in [-0.4, -0.2) is 49.3 Å². The van der Waals surface area contributed by atoms with E-state index in [9.17, 15) is 22.8 Å². The van der Waals surface area contributed by atoms with Crippen molar-refractivity contribution in [1.29, 1.82) is 0 Å². The van der Waals surface area contributed by atoms with Gasteiger partial charge in [0.1, 0.15) is 17.2 Å². The predicted octanol–water partition coefficient (Wildman–Crippen LogP) is 3.50. The van der Waals surface area contributed by atoms with E-state index in [-0.39, 0.29) is 17.1 Å². The molecule has 1 aliphatic rings. The van der Waals surface area contributed by atoms with E-state index >= 15 is 0 Å². The van der Waals surface area contributed by atoms with E-state index in [4.69, 9.17) is 10.5 Å². The lowest BCUT2D eigenvalue weighted by Gasteiger charge is -2.31. The molecule has 1 atom stereocenters. The van der Waals surface area contributed by atoms with Gasteiger partial charge in [-0.15, -0.1) is 0 Å². The molecule has 0 aliphatic heterocycles. The van der Waals surface area contributed by atoms with Crippen LogP contribution in [-0.2, 0) is 30.6 Å². The summed E-state index contributed by atoms with van der Waals surface area (Å²) < 4.78 is 29.4. The van der Waals surface area contributed by atoms with Gasteiger partial charge in [-0.2, -0.15) is 0 Å². The summed E-state index contributed by atoms with van der Waals surface area (Å²) in [5.41, 5.74) is 6.27. The second-order valence-corrected chi connectivity index (χ2v) is 13.0. The molecule has 0 radical (unpaired) electrons. The van der Waals surface area contributed by atoms with Gasteiger partial charge >= 0.3 is 6.09 Å². The van der Waals surface area contributed by atoms with Gasteiger partial charge in [0.15, 0.2) is 9.84 Å². The number of hydrogen-bond acceptors (Lipinski definition) is 6. The number of amides is 3. The monoisotopic (exact) mass is 543 g/mol. The molecule has 9 nitrogen and oxygen atoms in total. The molecule has 1 fully saturated rings. The van der Waals surface area contributed by atoms with Crippen molar-refractivity contribution in [1.82, 2.24) is 10.6 Å². The standard InChI is InChI=1S/C28H37N3O6S/c1-5-38(35,36)22-14-12-21(13-15-22)20-10-8-19(9-11-20)18-23(24(29)32)30-25(33)28(16-6-7-17-28)31-26(34)37-27(2,3)4/h8-15,23H,5-7,16-18H2,1-4H3,(H2,29,32)(H,30,33)(H,31,34)/t23-/m0/s1. The number of hydrogen-bond donors (Lipinski definition) is 3. The van der Waals surface area contributed by atoms with Gasteiger partial charge in [-0.3, -0.25) is 9.59 Å². The Morgan fingerprint density at radius 2 is 1.50 bits per heavy atom. The minimum atomic E-state index is -3.27. The Morgan fingerprint density at radius 3 is 1.97 bits per heavy atom. The minimum absolute atomic E-state index is 0.0385. The molecule has 1 aliphatic carbocycles. The lowest BCUT2D eigenvalue weighted by molar-refractivity contribution is -0.131. The second kappa shape index (κ2) is 11.6. The largest absolute Gasteiger partial charge is 0.444 e. The lowest BCUT2D eigenvalue weighted by atomic mass is 9.95. The molecule has 0 bridgehead atoms. The quantitative estimate of drug-likeness (QED) is 0.441. The van der Waals surface area contributed by atoms with E-state index in [0.717, 1.165) is 29.5 Å². The Kier molecular flexibility index (Phi) is 8.86. The first kappa shape index (κ1) is 29.2. The molecule has 4 N–H and O–H groups in total. The fourth-order valence-electron chi connectivity index (χ4n) is 4.50. The van der Waals surface area contributed by atoms with E-state index < -0.39 is 44.9 Å². The van der Waals surface area contributed by atoms with Crippen LogP contribution in [0.2, 0.25) is 0 Å². The van der Waals surface area contributed by atoms with Crippen LogP contribution in [0.25, 0.3) is 11.1 Å². The van der Waals surface area contributed by atoms with Crippen LogP contribution in [0.4, 0.5) is 4.79 Å². The Bertz CT molecular complexity index is 1260. The normalized spacial score (nSPS) is 15.9. The molecule has 0 spiro atoms. The number of rotatable bonds is 9. The van der Waals surface area contributed by atoms with Gasteiger partial charge in [-0.25, -0.2) is 13.2 Å². The maximum Gasteiger partial charge on any atom is 0.408 e. The van der Waals surface area contributed by atoms with Gasteiger partial charge in [0.05, 0.1) is 10.6 Å². The Balaban J connectivity index is 1.70. The van der Waals surface area contributed by atoms with Crippen molar-refractivity contribution < 1.29 is 27.5 Å². The van der Waals surface area contributed by atoms with Gasteiger partial charge in [0.2, 0.25) is 11.8 Å². The summed E-state index contributed by atoms with van der Waals surface area (Å²) in [4.78, 5) is 38.3. The fraction of sp³-hybridized carbons (Fsp3) is 0.464. The minimum Gasteiger partial charge on any atom is -0.444 e. The van der Waals surface area contributed by atoms with E-state index in [0.29, 0.717) is 12.8 Å². The SMILES string of the molecule is CCS(=O)(=O)c1ccc(-c2ccc(C[C@H](NC(=O)C3(NC(=O)OC(C)(C)C)CCCC3)C(N)=O)cc2)cc1. The van der Waals surface area contributed by atoms with Gasteiger partial charge in [0, 0.05) is 6.42 Å². The molecular formula is C28H37N3O6S. The molecular weight excluding hydrogens is 506 g/mol. The molecule has 2 aromatic rings. The lowest BCUT2D eigenvalue weighted by Crippen LogP contribution is -2.61. The first-order valence-electron chi connectivity index (χ1n) is 12.8. The van der Waals surface area contributed by atoms with Crippen LogP contribution in [0.3, 0.4) is 0 Å². The number of nitrogens with two attached hydrogens (primary N) is 1. The van der Waals surface area contributed by atoms with E-state index in [1.54, 1.807) is 52.0 Å². The number of alkyl carbamates (subject to hydrolysis) is 1. The van der Waals surface area contributed by atoms with Crippen LogP contribution < -0.4 is 16.4 Å². The third-order valence-electron chi connectivity index (χ3n) is 6.60. The fourth-order valence-corrected chi connectivity index (χ4v) is 5.38. The number of ether oxygens (including phenoxy) is 1. The van der Waals surface area contributed by atoms with Gasteiger partial charge < -0.3 is 21.1 Å². The Morgan fingerprint density at radius 1 is 0.974 bits per heavy atom. The summed E-state index contributed by atoms with van der Waals surface area (Å²) in [6.07, 6.45) is 1.90. The average molecular weight is 544 g/mol. The highest BCUT2D eigenvalue weighted by molar-refractivity contribution is 7.91. The molecule has 0 unspecified atom stereocenters. The molecule has 206 valence electrons. The number of carbonyl (C=O) groups excluding carboxylic acids is 3. The summed E-state index contributed by atoms with van der Waals surface area (Å²) >= 11 is 0. The molecule has 0 aromatic heterocycles. The molecule has 0 heterocycles. The summed E-state index contributed by atoms with van der Waals surface area (Å²) in [6, 6.07) is 13.1. The predicted molar refractivity (Wildman–Crippen MR) is 145 cm³/mol. The summed E-state index contributed by atoms with van der Waals surface area (Å²) in [5.74, 6) is -1.10. The summed E-state index contributed by atoms with van der Waals surface area (Å²) in [7, 11) is -3.27. The topological polar surface area (TPSA) is 145 Å². The molecule has 38 heavy (non-hydrogen) atoms. The molecule has 3 amide bonds. The Hall–Kier alpha value is -3.40. The van der Waals surface area contributed by atoms with Crippen molar-refractivity contribution >= 4 is 27.7 Å². The second-order valence-electron chi connectivity index (χ2n) is 10.7. The maximum absolute atomic E-state index is 13.3. The smallest absolute Gasteiger partial charge is 0.408 e. The number of benzene rings is 2. The number of primary amides is 1. The van der Waals surface area contributed by atoms with E-state index in [1.165, 1.54) is 0 Å². The number of sulfone groups is 1. The highest BCUT2D eigenvalue weighted by Gasteiger charge is 2.44. The number of carbonyl (C=O) groups is 3. The molecule has 0 saturated heterocycles. The van der Waals surface area contributed by atoms with Crippen molar-refractivity contribution in [2.45, 2.75) is 81.9 Å². The summed E-state index contributed by atoms with van der Waals surface area (Å²) in [5, 5.41) is 5.48. The summed E-state index contributed by atoms with van der Waals surface area (Å²) in [6.45, 7) is 6.84. The third-order valence-corrected chi connectivity index (χ3v) is 8.35. The van der Waals surface area contributed by atoms with Crippen LogP contribution in [0.15, 0.2) is 53.4 Å². The zero-order valence-electron chi connectivity index (χ0n) is 22.4. The highest BCUT2D eigenvalue weighted by Crippen LogP contribution is 2.31. The molecule has 1 saturated carbocycles. The van der Waals surface area contributed by atoms with Crippen molar-refractivity contribution in [3.63, 3.8) is 0 Å². The van der Waals surface area contributed by atoms with Crippen molar-refractivity contribution in [2.24, 2.45) is 5.73 Å². The zero-order valence-corrected chi connectivity index (χ0v) is 23.2. The van der Waals surface area contributed by atoms with Gasteiger partial charge in [-0.1, -0.05) is 56.2 Å². The first-order chi connectivity index (χ1) is 17.7. The Labute approximate surface area is 224 Å². The van der Waals surface area contributed by atoms with Crippen molar-refractivity contribution in [3.05, 3.63) is 54.1 Å². The third kappa shape index (κ3) is 7.34. The highest BCUT2D eigenvalue weighted by atomic mass is 32.2. The van der Waals surface area contributed by atoms with Gasteiger partial charge in [0.25, 0.3) is 0 Å². The molecule has 10 heteroatoms. The maximum atomic E-state index is 13.3. The average Bonchev–Trinajstić information content (AvgIpc) is 3.32. The van der Waals surface area contributed by atoms with Crippen LogP contribution in [0.5, 0.6) is 0 Å². The molecule has 3 rings (SSSR count). The van der Waals surface area contributed by atoms with Gasteiger partial charge in [-0.05, 0) is 62.4 Å². The zero-order chi connectivity index (χ0) is 28.1. The van der Waals surface area contributed by atoms with Crippen molar-refractivity contribution in [3.8, 4) is 11.1 Å². The van der Waals surface area contributed by atoms with E-state index in [1.807, 2.05) is 24.3 Å². The number of nitrogens with one attached hydrogen (secondary N) is 2.